The molecule has 0 saturated carbocycles. The lowest BCUT2D eigenvalue weighted by Crippen LogP contribution is -2.32. The van der Waals surface area contributed by atoms with Gasteiger partial charge in [-0.1, -0.05) is 23.8 Å². The Morgan fingerprint density at radius 2 is 1.86 bits per heavy atom. The Morgan fingerprint density at radius 1 is 1.18 bits per heavy atom. The standard InChI is InChI=1S/C15H14INO4S/c1-11-5-7-14(8-6-11)22(19,20)17-10-15(18)21-13-4-2-3-12(16)9-13/h2-9,17H,10H2,1H3. The van der Waals surface area contributed by atoms with E-state index in [1.807, 2.05) is 13.0 Å². The van der Waals surface area contributed by atoms with Crippen LogP contribution in [0, 0.1) is 10.5 Å². The summed E-state index contributed by atoms with van der Waals surface area (Å²) in [5, 5.41) is 0. The van der Waals surface area contributed by atoms with E-state index in [-0.39, 0.29) is 4.90 Å². The summed E-state index contributed by atoms with van der Waals surface area (Å²) in [6, 6.07) is 13.3. The van der Waals surface area contributed by atoms with Gasteiger partial charge in [0.2, 0.25) is 10.0 Å². The number of ether oxygens (including phenoxy) is 1. The van der Waals surface area contributed by atoms with Gasteiger partial charge in [-0.15, -0.1) is 0 Å². The molecule has 0 bridgehead atoms. The summed E-state index contributed by atoms with van der Waals surface area (Å²) in [6.07, 6.45) is 0. The molecule has 0 unspecified atom stereocenters. The van der Waals surface area contributed by atoms with E-state index in [2.05, 4.69) is 27.3 Å². The van der Waals surface area contributed by atoms with Gasteiger partial charge in [-0.3, -0.25) is 4.79 Å². The molecular formula is C15H14INO4S. The molecule has 0 saturated heterocycles. The van der Waals surface area contributed by atoms with Crippen LogP contribution in [-0.4, -0.2) is 20.9 Å². The average Bonchev–Trinajstić information content (AvgIpc) is 2.46. The van der Waals surface area contributed by atoms with Crippen molar-refractivity contribution in [3.8, 4) is 5.75 Å². The molecule has 0 fully saturated rings. The summed E-state index contributed by atoms with van der Waals surface area (Å²) in [5.41, 5.74) is 0.956. The molecule has 0 aliphatic carbocycles. The molecule has 5 nitrogen and oxygen atoms in total. The van der Waals surface area contributed by atoms with Crippen LogP contribution in [-0.2, 0) is 14.8 Å². The zero-order valence-electron chi connectivity index (χ0n) is 11.7. The Morgan fingerprint density at radius 3 is 2.50 bits per heavy atom. The summed E-state index contributed by atoms with van der Waals surface area (Å²) < 4.78 is 32.3. The van der Waals surface area contributed by atoms with Gasteiger partial charge in [-0.05, 0) is 59.8 Å². The van der Waals surface area contributed by atoms with Gasteiger partial charge in [0.05, 0.1) is 4.90 Å². The van der Waals surface area contributed by atoms with E-state index in [1.54, 1.807) is 30.3 Å². The van der Waals surface area contributed by atoms with Crippen LogP contribution in [0.15, 0.2) is 53.4 Å². The minimum Gasteiger partial charge on any atom is -0.426 e. The number of carbonyl (C=O) groups is 1. The molecule has 0 heterocycles. The molecule has 2 aromatic carbocycles. The summed E-state index contributed by atoms with van der Waals surface area (Å²) in [7, 11) is -3.72. The van der Waals surface area contributed by atoms with Gasteiger partial charge in [0.25, 0.3) is 0 Å². The van der Waals surface area contributed by atoms with Crippen LogP contribution >= 0.6 is 22.6 Å². The molecule has 116 valence electrons. The van der Waals surface area contributed by atoms with Crippen molar-refractivity contribution in [2.24, 2.45) is 0 Å². The van der Waals surface area contributed by atoms with Crippen molar-refractivity contribution < 1.29 is 17.9 Å². The molecule has 0 spiro atoms. The molecule has 2 aromatic rings. The van der Waals surface area contributed by atoms with Crippen molar-refractivity contribution in [1.29, 1.82) is 0 Å². The van der Waals surface area contributed by atoms with E-state index in [0.717, 1.165) is 9.13 Å². The average molecular weight is 431 g/mol. The second-order valence-electron chi connectivity index (χ2n) is 4.57. The zero-order chi connectivity index (χ0) is 16.2. The van der Waals surface area contributed by atoms with Crippen LogP contribution in [0.4, 0.5) is 0 Å². The highest BCUT2D eigenvalue weighted by molar-refractivity contribution is 14.1. The second kappa shape index (κ2) is 7.21. The van der Waals surface area contributed by atoms with Crippen LogP contribution in [0.25, 0.3) is 0 Å². The van der Waals surface area contributed by atoms with Crippen molar-refractivity contribution in [3.63, 3.8) is 0 Å². The monoisotopic (exact) mass is 431 g/mol. The lowest BCUT2D eigenvalue weighted by molar-refractivity contribution is -0.133. The summed E-state index contributed by atoms with van der Waals surface area (Å²) in [4.78, 5) is 11.8. The van der Waals surface area contributed by atoms with Crippen molar-refractivity contribution in [2.75, 3.05) is 6.54 Å². The molecule has 0 aliphatic heterocycles. The summed E-state index contributed by atoms with van der Waals surface area (Å²) in [5.74, 6) is -0.288. The number of benzene rings is 2. The van der Waals surface area contributed by atoms with Gasteiger partial charge in [0, 0.05) is 3.57 Å². The number of rotatable bonds is 5. The van der Waals surface area contributed by atoms with E-state index in [0.29, 0.717) is 5.75 Å². The van der Waals surface area contributed by atoms with Crippen LogP contribution in [0.3, 0.4) is 0 Å². The lowest BCUT2D eigenvalue weighted by Gasteiger charge is -2.07. The van der Waals surface area contributed by atoms with Crippen LogP contribution in [0.2, 0.25) is 0 Å². The van der Waals surface area contributed by atoms with E-state index >= 15 is 0 Å². The smallest absolute Gasteiger partial charge is 0.326 e. The minimum atomic E-state index is -3.72. The van der Waals surface area contributed by atoms with Gasteiger partial charge >= 0.3 is 5.97 Å². The molecule has 1 N–H and O–H groups in total. The van der Waals surface area contributed by atoms with Gasteiger partial charge in [-0.25, -0.2) is 8.42 Å². The zero-order valence-corrected chi connectivity index (χ0v) is 14.7. The van der Waals surface area contributed by atoms with Gasteiger partial charge in [-0.2, -0.15) is 4.72 Å². The van der Waals surface area contributed by atoms with Crippen molar-refractivity contribution >= 4 is 38.6 Å². The van der Waals surface area contributed by atoms with E-state index in [9.17, 15) is 13.2 Å². The fraction of sp³-hybridized carbons (Fsp3) is 0.133. The first-order valence-electron chi connectivity index (χ1n) is 6.39. The maximum atomic E-state index is 12.0. The topological polar surface area (TPSA) is 72.5 Å². The molecule has 0 aromatic heterocycles. The fourth-order valence-electron chi connectivity index (χ4n) is 1.65. The summed E-state index contributed by atoms with van der Waals surface area (Å²) >= 11 is 2.09. The third kappa shape index (κ3) is 4.79. The van der Waals surface area contributed by atoms with Gasteiger partial charge < -0.3 is 4.74 Å². The minimum absolute atomic E-state index is 0.111. The number of carbonyl (C=O) groups excluding carboxylic acids is 1. The fourth-order valence-corrected chi connectivity index (χ4v) is 3.14. The molecule has 22 heavy (non-hydrogen) atoms. The number of sulfonamides is 1. The second-order valence-corrected chi connectivity index (χ2v) is 7.58. The highest BCUT2D eigenvalue weighted by atomic mass is 127. The Hall–Kier alpha value is -1.45. The molecule has 7 heteroatoms. The quantitative estimate of drug-likeness (QED) is 0.449. The Bertz CT molecular complexity index is 772. The third-order valence-electron chi connectivity index (χ3n) is 2.77. The highest BCUT2D eigenvalue weighted by Crippen LogP contribution is 2.15. The number of hydrogen-bond acceptors (Lipinski definition) is 4. The number of esters is 1. The maximum Gasteiger partial charge on any atom is 0.326 e. The summed E-state index contributed by atoms with van der Waals surface area (Å²) in [6.45, 7) is 1.43. The molecule has 0 radical (unpaired) electrons. The molecular weight excluding hydrogens is 417 g/mol. The largest absolute Gasteiger partial charge is 0.426 e. The normalized spacial score (nSPS) is 11.2. The molecule has 0 aliphatic rings. The van der Waals surface area contributed by atoms with E-state index < -0.39 is 22.5 Å². The number of hydrogen-bond donors (Lipinski definition) is 1. The third-order valence-corrected chi connectivity index (χ3v) is 4.85. The molecule has 2 rings (SSSR count). The molecule has 0 atom stereocenters. The first kappa shape index (κ1) is 16.9. The first-order chi connectivity index (χ1) is 10.4. The number of halogens is 1. The number of aryl methyl sites for hydroxylation is 1. The first-order valence-corrected chi connectivity index (χ1v) is 8.95. The Kier molecular flexibility index (Phi) is 5.54. The lowest BCUT2D eigenvalue weighted by atomic mass is 10.2. The van der Waals surface area contributed by atoms with Crippen LogP contribution in [0.1, 0.15) is 5.56 Å². The van der Waals surface area contributed by atoms with Crippen LogP contribution in [0.5, 0.6) is 5.75 Å². The number of nitrogens with one attached hydrogen (secondary N) is 1. The van der Waals surface area contributed by atoms with Crippen molar-refractivity contribution in [1.82, 2.24) is 4.72 Å². The predicted molar refractivity (Wildman–Crippen MR) is 91.2 cm³/mol. The predicted octanol–water partition coefficient (Wildman–Crippen LogP) is 2.48. The Balaban J connectivity index is 1.97. The SMILES string of the molecule is Cc1ccc(S(=O)(=O)NCC(=O)Oc2cccc(I)c2)cc1. The van der Waals surface area contributed by atoms with Gasteiger partial charge in [0.15, 0.2) is 0 Å². The van der Waals surface area contributed by atoms with Crippen molar-refractivity contribution in [3.05, 3.63) is 57.7 Å². The Labute approximate surface area is 142 Å². The van der Waals surface area contributed by atoms with Gasteiger partial charge in [0.1, 0.15) is 12.3 Å². The van der Waals surface area contributed by atoms with Crippen molar-refractivity contribution in [2.45, 2.75) is 11.8 Å². The van der Waals surface area contributed by atoms with Crippen LogP contribution < -0.4 is 9.46 Å². The van der Waals surface area contributed by atoms with E-state index in [1.165, 1.54) is 12.1 Å². The maximum absolute atomic E-state index is 12.0. The van der Waals surface area contributed by atoms with E-state index in [4.69, 9.17) is 4.74 Å². The highest BCUT2D eigenvalue weighted by Gasteiger charge is 2.16. The molecule has 0 amide bonds.